The van der Waals surface area contributed by atoms with E-state index in [2.05, 4.69) is 10.3 Å². The van der Waals surface area contributed by atoms with E-state index in [1.54, 1.807) is 7.11 Å². The molecule has 0 atom stereocenters. The van der Waals surface area contributed by atoms with Crippen LogP contribution >= 0.6 is 11.3 Å². The van der Waals surface area contributed by atoms with Crippen molar-refractivity contribution in [3.63, 3.8) is 0 Å². The molecule has 0 fully saturated rings. The van der Waals surface area contributed by atoms with Crippen LogP contribution in [0.5, 0.6) is 5.75 Å². The van der Waals surface area contributed by atoms with Crippen LogP contribution < -0.4 is 10.1 Å². The first-order chi connectivity index (χ1) is 12.6. The number of aromatic nitrogens is 2. The molecule has 0 bridgehead atoms. The van der Waals surface area contributed by atoms with Crippen molar-refractivity contribution in [2.24, 2.45) is 0 Å². The molecule has 2 aromatic heterocycles. The molecule has 0 aliphatic carbocycles. The van der Waals surface area contributed by atoms with Gasteiger partial charge in [-0.25, -0.2) is 4.98 Å². The predicted octanol–water partition coefficient (Wildman–Crippen LogP) is 3.62. The second-order valence-electron chi connectivity index (χ2n) is 6.13. The van der Waals surface area contributed by atoms with Crippen LogP contribution in [0.15, 0.2) is 35.8 Å². The van der Waals surface area contributed by atoms with Gasteiger partial charge in [-0.1, -0.05) is 12.1 Å². The van der Waals surface area contributed by atoms with Crippen LogP contribution in [-0.2, 0) is 4.74 Å². The van der Waals surface area contributed by atoms with Crippen molar-refractivity contribution in [3.8, 4) is 17.0 Å². The molecule has 26 heavy (non-hydrogen) atoms. The fourth-order valence-electron chi connectivity index (χ4n) is 2.62. The minimum atomic E-state index is -0.107. The minimum absolute atomic E-state index is 0.107. The number of thiazole rings is 1. The number of methoxy groups -OCH3 is 1. The summed E-state index contributed by atoms with van der Waals surface area (Å²) in [7, 11) is 1.64. The van der Waals surface area contributed by atoms with Crippen LogP contribution in [0.1, 0.15) is 30.8 Å². The molecule has 0 saturated heterocycles. The van der Waals surface area contributed by atoms with E-state index in [0.29, 0.717) is 18.8 Å². The van der Waals surface area contributed by atoms with E-state index >= 15 is 0 Å². The van der Waals surface area contributed by atoms with Crippen molar-refractivity contribution >= 4 is 22.2 Å². The molecule has 1 aromatic carbocycles. The Morgan fingerprint density at radius 2 is 2.15 bits per heavy atom. The number of fused-ring (bicyclic) bond motifs is 1. The second-order valence-corrected chi connectivity index (χ2v) is 6.97. The molecule has 0 aliphatic heterocycles. The highest BCUT2D eigenvalue weighted by Gasteiger charge is 2.16. The summed E-state index contributed by atoms with van der Waals surface area (Å²) in [6, 6.07) is 7.72. The van der Waals surface area contributed by atoms with Gasteiger partial charge in [-0.05, 0) is 32.4 Å². The van der Waals surface area contributed by atoms with E-state index in [1.165, 1.54) is 11.3 Å². The van der Waals surface area contributed by atoms with Crippen molar-refractivity contribution < 1.29 is 14.3 Å². The summed E-state index contributed by atoms with van der Waals surface area (Å²) in [5, 5.41) is 4.76. The maximum Gasteiger partial charge on any atom is 0.269 e. The van der Waals surface area contributed by atoms with Crippen LogP contribution in [0.4, 0.5) is 0 Å². The number of rotatable bonds is 8. The van der Waals surface area contributed by atoms with E-state index in [-0.39, 0.29) is 12.0 Å². The van der Waals surface area contributed by atoms with Crippen LogP contribution in [-0.4, -0.2) is 41.7 Å². The number of nitrogens with one attached hydrogen (secondary N) is 1. The van der Waals surface area contributed by atoms with Gasteiger partial charge in [-0.15, -0.1) is 11.3 Å². The average Bonchev–Trinajstić information content (AvgIpc) is 3.21. The lowest BCUT2D eigenvalue weighted by molar-refractivity contribution is 0.0756. The molecule has 0 radical (unpaired) electrons. The molecule has 2 heterocycles. The Kier molecular flexibility index (Phi) is 5.90. The molecule has 6 nitrogen and oxygen atoms in total. The van der Waals surface area contributed by atoms with Gasteiger partial charge in [-0.2, -0.15) is 0 Å². The topological polar surface area (TPSA) is 64.9 Å². The monoisotopic (exact) mass is 373 g/mol. The van der Waals surface area contributed by atoms with Crippen molar-refractivity contribution in [2.45, 2.75) is 26.4 Å². The summed E-state index contributed by atoms with van der Waals surface area (Å²) in [6.07, 6.45) is 2.87. The van der Waals surface area contributed by atoms with Crippen molar-refractivity contribution in [1.29, 1.82) is 0 Å². The molecule has 0 aliphatic rings. The van der Waals surface area contributed by atoms with Crippen LogP contribution in [0.3, 0.4) is 0 Å². The molecule has 1 amide bonds. The number of amides is 1. The molecule has 0 saturated carbocycles. The van der Waals surface area contributed by atoms with Gasteiger partial charge in [0.2, 0.25) is 0 Å². The van der Waals surface area contributed by atoms with Crippen LogP contribution in [0, 0.1) is 0 Å². The maximum absolute atomic E-state index is 12.5. The van der Waals surface area contributed by atoms with Crippen LogP contribution in [0.25, 0.3) is 16.2 Å². The number of carbonyl (C=O) groups excluding carboxylic acids is 1. The molecular weight excluding hydrogens is 350 g/mol. The van der Waals surface area contributed by atoms with Gasteiger partial charge < -0.3 is 14.8 Å². The van der Waals surface area contributed by atoms with Crippen molar-refractivity contribution in [1.82, 2.24) is 14.7 Å². The molecule has 7 heteroatoms. The largest absolute Gasteiger partial charge is 0.496 e. The van der Waals surface area contributed by atoms with E-state index < -0.39 is 0 Å². The number of hydrogen-bond donors (Lipinski definition) is 1. The first-order valence-electron chi connectivity index (χ1n) is 8.60. The normalized spacial score (nSPS) is 11.2. The lowest BCUT2D eigenvalue weighted by Crippen LogP contribution is -2.26. The van der Waals surface area contributed by atoms with Gasteiger partial charge in [0, 0.05) is 30.3 Å². The maximum atomic E-state index is 12.5. The standard InChI is InChI=1S/C19H23N3O3S/c1-13(2)25-10-6-9-20-18(23)16-12-26-19-21-15(11-22(16)19)14-7-4-5-8-17(14)24-3/h4-5,7-8,11-13H,6,9-10H2,1-3H3,(H,20,23). The number of carbonyl (C=O) groups is 1. The summed E-state index contributed by atoms with van der Waals surface area (Å²) >= 11 is 1.44. The smallest absolute Gasteiger partial charge is 0.269 e. The SMILES string of the molecule is COc1ccccc1-c1cn2c(C(=O)NCCCOC(C)C)csc2n1. The molecule has 0 unspecified atom stereocenters. The first kappa shape index (κ1) is 18.4. The van der Waals surface area contributed by atoms with Crippen molar-refractivity contribution in [2.75, 3.05) is 20.3 Å². The number of nitrogens with zero attached hydrogens (tertiary/aromatic N) is 2. The molecule has 3 rings (SSSR count). The molecule has 0 spiro atoms. The van der Waals surface area contributed by atoms with Gasteiger partial charge in [0.25, 0.3) is 5.91 Å². The Labute approximate surface area is 156 Å². The summed E-state index contributed by atoms with van der Waals surface area (Å²) in [5.74, 6) is 0.652. The minimum Gasteiger partial charge on any atom is -0.496 e. The van der Waals surface area contributed by atoms with Gasteiger partial charge in [0.1, 0.15) is 11.4 Å². The quantitative estimate of drug-likeness (QED) is 0.613. The zero-order chi connectivity index (χ0) is 18.5. The lowest BCUT2D eigenvalue weighted by atomic mass is 10.1. The summed E-state index contributed by atoms with van der Waals surface area (Å²) in [5.41, 5.74) is 2.28. The summed E-state index contributed by atoms with van der Waals surface area (Å²) < 4.78 is 12.7. The number of benzene rings is 1. The van der Waals surface area contributed by atoms with Gasteiger partial charge in [0.05, 0.1) is 18.9 Å². The summed E-state index contributed by atoms with van der Waals surface area (Å²) in [4.78, 5) is 17.9. The van der Waals surface area contributed by atoms with Gasteiger partial charge in [-0.3, -0.25) is 9.20 Å². The zero-order valence-corrected chi connectivity index (χ0v) is 16.0. The first-order valence-corrected chi connectivity index (χ1v) is 9.48. The third kappa shape index (κ3) is 4.05. The Morgan fingerprint density at radius 1 is 1.35 bits per heavy atom. The van der Waals surface area contributed by atoms with Gasteiger partial charge >= 0.3 is 0 Å². The number of imidazole rings is 1. The van der Waals surface area contributed by atoms with Gasteiger partial charge in [0.15, 0.2) is 4.96 Å². The van der Waals surface area contributed by atoms with Crippen molar-refractivity contribution in [3.05, 3.63) is 41.5 Å². The third-order valence-electron chi connectivity index (χ3n) is 3.88. The Bertz CT molecular complexity index is 885. The Hall–Kier alpha value is -2.38. The molecule has 1 N–H and O–H groups in total. The van der Waals surface area contributed by atoms with E-state index in [9.17, 15) is 4.79 Å². The third-order valence-corrected chi connectivity index (χ3v) is 4.72. The zero-order valence-electron chi connectivity index (χ0n) is 15.2. The highest BCUT2D eigenvalue weighted by Crippen LogP contribution is 2.30. The van der Waals surface area contributed by atoms with E-state index in [4.69, 9.17) is 9.47 Å². The Morgan fingerprint density at radius 3 is 2.92 bits per heavy atom. The number of ether oxygens (including phenoxy) is 2. The molecular formula is C19H23N3O3S. The predicted molar refractivity (Wildman–Crippen MR) is 103 cm³/mol. The highest BCUT2D eigenvalue weighted by atomic mass is 32.1. The van der Waals surface area contributed by atoms with Crippen LogP contribution in [0.2, 0.25) is 0 Å². The Balaban J connectivity index is 1.72. The summed E-state index contributed by atoms with van der Waals surface area (Å²) in [6.45, 7) is 5.22. The second kappa shape index (κ2) is 8.33. The van der Waals surface area contributed by atoms with E-state index in [0.717, 1.165) is 28.4 Å². The number of hydrogen-bond acceptors (Lipinski definition) is 5. The highest BCUT2D eigenvalue weighted by molar-refractivity contribution is 7.15. The number of para-hydroxylation sites is 1. The van der Waals surface area contributed by atoms with E-state index in [1.807, 2.05) is 54.1 Å². The molecule has 3 aromatic rings. The fourth-order valence-corrected chi connectivity index (χ4v) is 3.47. The average molecular weight is 373 g/mol. The lowest BCUT2D eigenvalue weighted by Gasteiger charge is -2.08. The molecule has 138 valence electrons. The fraction of sp³-hybridized carbons (Fsp3) is 0.368.